The summed E-state index contributed by atoms with van der Waals surface area (Å²) >= 11 is 4.57. The minimum atomic E-state index is -0.236. The van der Waals surface area contributed by atoms with Crippen molar-refractivity contribution in [2.45, 2.75) is 0 Å². The first-order valence-corrected chi connectivity index (χ1v) is 5.74. The van der Waals surface area contributed by atoms with Crippen LogP contribution in [0.15, 0.2) is 21.6 Å². The molecular weight excluding hydrogens is 280 g/mol. The van der Waals surface area contributed by atoms with Crippen LogP contribution in [0.4, 0.5) is 5.82 Å². The van der Waals surface area contributed by atoms with Crippen molar-refractivity contribution in [3.05, 3.63) is 27.3 Å². The SMILES string of the molecule is Cn1nccc1NC(=O)c1csc(Br)n1. The van der Waals surface area contributed by atoms with Crippen LogP contribution >= 0.6 is 27.3 Å². The number of amides is 1. The Morgan fingerprint density at radius 1 is 1.67 bits per heavy atom. The zero-order chi connectivity index (χ0) is 10.8. The fourth-order valence-corrected chi connectivity index (χ4v) is 2.02. The van der Waals surface area contributed by atoms with Crippen molar-refractivity contribution in [2.75, 3.05) is 5.32 Å². The molecule has 2 aromatic rings. The molecule has 7 heteroatoms. The van der Waals surface area contributed by atoms with Gasteiger partial charge in [0.2, 0.25) is 0 Å². The molecule has 0 bridgehead atoms. The van der Waals surface area contributed by atoms with Crippen LogP contribution in [-0.2, 0) is 7.05 Å². The molecule has 2 aromatic heterocycles. The lowest BCUT2D eigenvalue weighted by Gasteiger charge is -2.02. The molecule has 15 heavy (non-hydrogen) atoms. The van der Waals surface area contributed by atoms with E-state index in [4.69, 9.17) is 0 Å². The summed E-state index contributed by atoms with van der Waals surface area (Å²) in [5.74, 6) is 0.407. The molecule has 5 nitrogen and oxygen atoms in total. The number of nitrogens with one attached hydrogen (secondary N) is 1. The van der Waals surface area contributed by atoms with Gasteiger partial charge < -0.3 is 5.32 Å². The molecule has 0 saturated carbocycles. The molecule has 1 amide bonds. The number of thiazole rings is 1. The van der Waals surface area contributed by atoms with Crippen molar-refractivity contribution in [3.8, 4) is 0 Å². The molecular formula is C8H7BrN4OS. The van der Waals surface area contributed by atoms with Crippen LogP contribution in [0.5, 0.6) is 0 Å². The van der Waals surface area contributed by atoms with Crippen molar-refractivity contribution < 1.29 is 4.79 Å². The first kappa shape index (κ1) is 10.3. The first-order valence-electron chi connectivity index (χ1n) is 4.07. The lowest BCUT2D eigenvalue weighted by Crippen LogP contribution is -2.14. The number of carbonyl (C=O) groups is 1. The Labute approximate surface area is 98.3 Å². The molecule has 78 valence electrons. The second kappa shape index (κ2) is 4.11. The van der Waals surface area contributed by atoms with E-state index in [1.807, 2.05) is 0 Å². The number of carbonyl (C=O) groups excluding carboxylic acids is 1. The smallest absolute Gasteiger partial charge is 0.276 e. The third-order valence-corrected chi connectivity index (χ3v) is 3.14. The Balaban J connectivity index is 2.14. The average molecular weight is 287 g/mol. The van der Waals surface area contributed by atoms with Gasteiger partial charge in [0.05, 0.1) is 6.20 Å². The second-order valence-corrected chi connectivity index (χ2v) is 4.91. The minimum Gasteiger partial charge on any atom is -0.305 e. The zero-order valence-corrected chi connectivity index (χ0v) is 10.2. The number of hydrogen-bond acceptors (Lipinski definition) is 4. The molecule has 1 N–H and O–H groups in total. The Morgan fingerprint density at radius 3 is 3.00 bits per heavy atom. The maximum atomic E-state index is 11.6. The van der Waals surface area contributed by atoms with Gasteiger partial charge in [0.1, 0.15) is 11.5 Å². The third-order valence-electron chi connectivity index (χ3n) is 1.77. The van der Waals surface area contributed by atoms with Crippen molar-refractivity contribution in [1.82, 2.24) is 14.8 Å². The van der Waals surface area contributed by atoms with E-state index in [-0.39, 0.29) is 5.91 Å². The topological polar surface area (TPSA) is 59.8 Å². The van der Waals surface area contributed by atoms with Crippen LogP contribution in [0, 0.1) is 0 Å². The molecule has 0 aliphatic heterocycles. The van der Waals surface area contributed by atoms with Crippen LogP contribution in [0.1, 0.15) is 10.5 Å². The summed E-state index contributed by atoms with van der Waals surface area (Å²) in [6.07, 6.45) is 1.62. The van der Waals surface area contributed by atoms with E-state index in [0.717, 1.165) is 0 Å². The van der Waals surface area contributed by atoms with Crippen LogP contribution in [0.3, 0.4) is 0 Å². The molecule has 0 unspecified atom stereocenters. The molecule has 0 saturated heterocycles. The van der Waals surface area contributed by atoms with Crippen molar-refractivity contribution in [1.29, 1.82) is 0 Å². The molecule has 2 rings (SSSR count). The quantitative estimate of drug-likeness (QED) is 0.917. The van der Waals surface area contributed by atoms with Gasteiger partial charge in [-0.3, -0.25) is 9.48 Å². The van der Waals surface area contributed by atoms with Gasteiger partial charge in [-0.15, -0.1) is 11.3 Å². The zero-order valence-electron chi connectivity index (χ0n) is 7.77. The van der Waals surface area contributed by atoms with Crippen LogP contribution < -0.4 is 5.32 Å². The van der Waals surface area contributed by atoms with Gasteiger partial charge in [-0.2, -0.15) is 5.10 Å². The highest BCUT2D eigenvalue weighted by Crippen LogP contribution is 2.16. The summed E-state index contributed by atoms with van der Waals surface area (Å²) in [7, 11) is 1.76. The van der Waals surface area contributed by atoms with Gasteiger partial charge in [0.25, 0.3) is 5.91 Å². The van der Waals surface area contributed by atoms with Crippen LogP contribution in [0.2, 0.25) is 0 Å². The molecule has 0 aromatic carbocycles. The largest absolute Gasteiger partial charge is 0.305 e. The van der Waals surface area contributed by atoms with E-state index in [2.05, 4.69) is 31.3 Å². The number of rotatable bonds is 2. The normalized spacial score (nSPS) is 10.3. The van der Waals surface area contributed by atoms with Gasteiger partial charge in [-0.1, -0.05) is 0 Å². The predicted molar refractivity (Wildman–Crippen MR) is 61.0 cm³/mol. The average Bonchev–Trinajstić information content (AvgIpc) is 2.77. The summed E-state index contributed by atoms with van der Waals surface area (Å²) in [6.45, 7) is 0. The lowest BCUT2D eigenvalue weighted by molar-refractivity contribution is 0.102. The predicted octanol–water partition coefficient (Wildman–Crippen LogP) is 1.89. The highest BCUT2D eigenvalue weighted by atomic mass is 79.9. The van der Waals surface area contributed by atoms with Gasteiger partial charge in [0.15, 0.2) is 3.92 Å². The number of anilines is 1. The Hall–Kier alpha value is -1.21. The maximum Gasteiger partial charge on any atom is 0.276 e. The number of aryl methyl sites for hydroxylation is 1. The number of hydrogen-bond donors (Lipinski definition) is 1. The van der Waals surface area contributed by atoms with E-state index in [9.17, 15) is 4.79 Å². The van der Waals surface area contributed by atoms with E-state index in [0.29, 0.717) is 15.4 Å². The first-order chi connectivity index (χ1) is 7.16. The van der Waals surface area contributed by atoms with Crippen molar-refractivity contribution >= 4 is 39.0 Å². The molecule has 0 radical (unpaired) electrons. The highest BCUT2D eigenvalue weighted by Gasteiger charge is 2.11. The fraction of sp³-hybridized carbons (Fsp3) is 0.125. The molecule has 2 heterocycles. The van der Waals surface area contributed by atoms with Gasteiger partial charge in [-0.25, -0.2) is 4.98 Å². The summed E-state index contributed by atoms with van der Waals surface area (Å²) in [5.41, 5.74) is 0.396. The molecule has 0 atom stereocenters. The standard InChI is InChI=1S/C8H7BrN4OS/c1-13-6(2-3-10-13)12-7(14)5-4-15-8(9)11-5/h2-4H,1H3,(H,12,14). The van der Waals surface area contributed by atoms with E-state index in [1.165, 1.54) is 11.3 Å². The fourth-order valence-electron chi connectivity index (χ4n) is 1.03. The second-order valence-electron chi connectivity index (χ2n) is 2.78. The summed E-state index contributed by atoms with van der Waals surface area (Å²) in [6, 6.07) is 1.72. The van der Waals surface area contributed by atoms with Crippen LogP contribution in [0.25, 0.3) is 0 Å². The third kappa shape index (κ3) is 2.24. The van der Waals surface area contributed by atoms with E-state index < -0.39 is 0 Å². The lowest BCUT2D eigenvalue weighted by atomic mass is 10.4. The van der Waals surface area contributed by atoms with Crippen molar-refractivity contribution in [3.63, 3.8) is 0 Å². The summed E-state index contributed by atoms with van der Waals surface area (Å²) < 4.78 is 2.27. The van der Waals surface area contributed by atoms with E-state index in [1.54, 1.807) is 29.4 Å². The highest BCUT2D eigenvalue weighted by molar-refractivity contribution is 9.11. The summed E-state index contributed by atoms with van der Waals surface area (Å²) in [4.78, 5) is 15.7. The number of nitrogens with zero attached hydrogens (tertiary/aromatic N) is 3. The monoisotopic (exact) mass is 286 g/mol. The van der Waals surface area contributed by atoms with Crippen molar-refractivity contribution in [2.24, 2.45) is 7.05 Å². The number of aromatic nitrogens is 3. The van der Waals surface area contributed by atoms with Crippen LogP contribution in [-0.4, -0.2) is 20.7 Å². The van der Waals surface area contributed by atoms with Gasteiger partial charge in [0, 0.05) is 18.5 Å². The Morgan fingerprint density at radius 2 is 2.47 bits per heavy atom. The van der Waals surface area contributed by atoms with Gasteiger partial charge in [-0.05, 0) is 15.9 Å². The molecule has 0 spiro atoms. The van der Waals surface area contributed by atoms with Gasteiger partial charge >= 0.3 is 0 Å². The Kier molecular flexibility index (Phi) is 2.83. The number of halogens is 1. The maximum absolute atomic E-state index is 11.6. The van der Waals surface area contributed by atoms with E-state index >= 15 is 0 Å². The molecule has 0 fully saturated rings. The Bertz CT molecular complexity index is 492. The minimum absolute atomic E-state index is 0.236. The summed E-state index contributed by atoms with van der Waals surface area (Å²) in [5, 5.41) is 8.34. The molecule has 0 aliphatic rings. The molecule has 0 aliphatic carbocycles.